The number of guanidine groups is 1. The van der Waals surface area contributed by atoms with Crippen LogP contribution in [0.5, 0.6) is 17.2 Å². The number of halogens is 1. The fourth-order valence-corrected chi connectivity index (χ4v) is 5.00. The molecule has 2 fully saturated rings. The number of rotatable bonds is 9. The Morgan fingerprint density at radius 3 is 2.30 bits per heavy atom. The first-order valence-corrected chi connectivity index (χ1v) is 11.7. The summed E-state index contributed by atoms with van der Waals surface area (Å²) >= 11 is 0. The number of morpholine rings is 1. The van der Waals surface area contributed by atoms with Crippen molar-refractivity contribution in [3.05, 3.63) is 17.7 Å². The molecule has 3 rings (SSSR count). The Bertz CT molecular complexity index is 750. The first-order chi connectivity index (χ1) is 15.7. The third kappa shape index (κ3) is 7.02. The number of hydrogen-bond donors (Lipinski definition) is 2. The van der Waals surface area contributed by atoms with Crippen molar-refractivity contribution in [3.8, 4) is 17.2 Å². The lowest BCUT2D eigenvalue weighted by Crippen LogP contribution is -2.60. The number of methoxy groups -OCH3 is 3. The number of nitrogens with one attached hydrogen (secondary N) is 2. The summed E-state index contributed by atoms with van der Waals surface area (Å²) < 4.78 is 22.1. The summed E-state index contributed by atoms with van der Waals surface area (Å²) in [7, 11) is 6.74. The van der Waals surface area contributed by atoms with Crippen molar-refractivity contribution in [1.29, 1.82) is 0 Å². The molecule has 8 nitrogen and oxygen atoms in total. The lowest BCUT2D eigenvalue weighted by atomic mass is 9.80. The molecule has 0 radical (unpaired) electrons. The Labute approximate surface area is 215 Å². The van der Waals surface area contributed by atoms with Gasteiger partial charge in [0.15, 0.2) is 17.5 Å². The van der Waals surface area contributed by atoms with E-state index in [1.807, 2.05) is 19.2 Å². The van der Waals surface area contributed by atoms with Crippen LogP contribution < -0.4 is 24.8 Å². The van der Waals surface area contributed by atoms with Crippen molar-refractivity contribution in [2.45, 2.75) is 44.1 Å². The number of benzene rings is 1. The van der Waals surface area contributed by atoms with Gasteiger partial charge in [-0.2, -0.15) is 0 Å². The van der Waals surface area contributed by atoms with Crippen LogP contribution >= 0.6 is 24.0 Å². The van der Waals surface area contributed by atoms with Gasteiger partial charge in [0.05, 0.1) is 34.5 Å². The summed E-state index contributed by atoms with van der Waals surface area (Å²) in [6.07, 6.45) is 7.18. The summed E-state index contributed by atoms with van der Waals surface area (Å²) in [5.41, 5.74) is 1.26. The zero-order chi connectivity index (χ0) is 22.8. The zero-order valence-electron chi connectivity index (χ0n) is 20.6. The Morgan fingerprint density at radius 2 is 1.70 bits per heavy atom. The molecule has 1 aromatic carbocycles. The van der Waals surface area contributed by atoms with E-state index in [9.17, 15) is 0 Å². The van der Waals surface area contributed by atoms with Gasteiger partial charge >= 0.3 is 0 Å². The van der Waals surface area contributed by atoms with E-state index in [4.69, 9.17) is 18.9 Å². The van der Waals surface area contributed by atoms with Gasteiger partial charge in [0.25, 0.3) is 0 Å². The van der Waals surface area contributed by atoms with Crippen LogP contribution in [0.2, 0.25) is 0 Å². The summed E-state index contributed by atoms with van der Waals surface area (Å²) in [6.45, 7) is 5.35. The van der Waals surface area contributed by atoms with Gasteiger partial charge in [0, 0.05) is 44.3 Å². The fraction of sp³-hybridized carbons (Fsp3) is 0.708. The Hall–Kier alpha value is -1.46. The van der Waals surface area contributed by atoms with Crippen molar-refractivity contribution >= 4 is 29.9 Å². The van der Waals surface area contributed by atoms with Crippen LogP contribution in [0.1, 0.15) is 37.7 Å². The lowest BCUT2D eigenvalue weighted by molar-refractivity contribution is -0.0352. The van der Waals surface area contributed by atoms with Crippen LogP contribution in [0, 0.1) is 0 Å². The zero-order valence-corrected chi connectivity index (χ0v) is 22.9. The molecule has 0 atom stereocenters. The van der Waals surface area contributed by atoms with E-state index in [1.165, 1.54) is 32.1 Å². The Morgan fingerprint density at radius 1 is 1.00 bits per heavy atom. The highest BCUT2D eigenvalue weighted by atomic mass is 127. The molecule has 188 valence electrons. The Balaban J connectivity index is 0.00000385. The molecular weight excluding hydrogens is 535 g/mol. The standard InChI is InChI=1S/C24H40N4O4.HI/c1-25-23(26-13-10-19-8-9-20(29-2)22(31-4)21(19)30-3)27-18-24(11-6-5-7-12-24)28-14-16-32-17-15-28;/h8-9H,5-7,10-18H2,1-4H3,(H2,25,26,27);1H. The van der Waals surface area contributed by atoms with Crippen LogP contribution in [0.15, 0.2) is 17.1 Å². The number of hydrogen-bond acceptors (Lipinski definition) is 6. The molecule has 0 spiro atoms. The normalized spacial score (nSPS) is 18.7. The van der Waals surface area contributed by atoms with Gasteiger partial charge in [0.1, 0.15) is 0 Å². The highest BCUT2D eigenvalue weighted by Crippen LogP contribution is 2.39. The maximum atomic E-state index is 5.61. The second-order valence-electron chi connectivity index (χ2n) is 8.48. The van der Waals surface area contributed by atoms with E-state index in [0.29, 0.717) is 17.2 Å². The molecule has 1 aliphatic heterocycles. The maximum absolute atomic E-state index is 5.61. The minimum atomic E-state index is 0. The Kier molecular flexibility index (Phi) is 11.8. The first kappa shape index (κ1) is 27.8. The molecule has 0 bridgehead atoms. The van der Waals surface area contributed by atoms with Crippen molar-refractivity contribution in [2.24, 2.45) is 4.99 Å². The van der Waals surface area contributed by atoms with E-state index in [1.54, 1.807) is 21.3 Å². The van der Waals surface area contributed by atoms with Gasteiger partial charge < -0.3 is 29.6 Å². The third-order valence-corrected chi connectivity index (χ3v) is 6.75. The van der Waals surface area contributed by atoms with Crippen LogP contribution in [-0.4, -0.2) is 84.2 Å². The largest absolute Gasteiger partial charge is 0.493 e. The molecule has 1 aromatic rings. The molecule has 9 heteroatoms. The highest BCUT2D eigenvalue weighted by molar-refractivity contribution is 14.0. The summed E-state index contributed by atoms with van der Waals surface area (Å²) in [5, 5.41) is 7.08. The number of aliphatic imine (C=N–C) groups is 1. The average Bonchev–Trinajstić information content (AvgIpc) is 2.86. The van der Waals surface area contributed by atoms with E-state index in [0.717, 1.165) is 57.3 Å². The van der Waals surface area contributed by atoms with Crippen molar-refractivity contribution < 1.29 is 18.9 Å². The average molecular weight is 577 g/mol. The van der Waals surface area contributed by atoms with Gasteiger partial charge in [-0.15, -0.1) is 24.0 Å². The van der Waals surface area contributed by atoms with E-state index >= 15 is 0 Å². The van der Waals surface area contributed by atoms with Gasteiger partial charge in [-0.05, 0) is 25.3 Å². The molecule has 1 heterocycles. The first-order valence-electron chi connectivity index (χ1n) is 11.7. The molecule has 2 aliphatic rings. The smallest absolute Gasteiger partial charge is 0.203 e. The van der Waals surface area contributed by atoms with E-state index in [-0.39, 0.29) is 29.5 Å². The van der Waals surface area contributed by atoms with Gasteiger partial charge in [0.2, 0.25) is 5.75 Å². The summed E-state index contributed by atoms with van der Waals surface area (Å²) in [5.74, 6) is 2.84. The van der Waals surface area contributed by atoms with Crippen LogP contribution in [0.4, 0.5) is 0 Å². The molecule has 0 amide bonds. The van der Waals surface area contributed by atoms with Gasteiger partial charge in [-0.3, -0.25) is 9.89 Å². The van der Waals surface area contributed by atoms with E-state index in [2.05, 4.69) is 20.5 Å². The predicted molar refractivity (Wildman–Crippen MR) is 143 cm³/mol. The fourth-order valence-electron chi connectivity index (χ4n) is 5.00. The highest BCUT2D eigenvalue weighted by Gasteiger charge is 2.38. The number of nitrogens with zero attached hydrogens (tertiary/aromatic N) is 2. The second-order valence-corrected chi connectivity index (χ2v) is 8.48. The van der Waals surface area contributed by atoms with Crippen LogP contribution in [0.3, 0.4) is 0 Å². The molecule has 2 N–H and O–H groups in total. The molecule has 0 aromatic heterocycles. The third-order valence-electron chi connectivity index (χ3n) is 6.75. The van der Waals surface area contributed by atoms with Crippen LogP contribution in [0.25, 0.3) is 0 Å². The van der Waals surface area contributed by atoms with Crippen molar-refractivity contribution in [2.75, 3.05) is 67.8 Å². The molecule has 1 aliphatic carbocycles. The second kappa shape index (κ2) is 14.1. The van der Waals surface area contributed by atoms with Gasteiger partial charge in [-0.1, -0.05) is 25.3 Å². The quantitative estimate of drug-likeness (QED) is 0.266. The number of ether oxygens (including phenoxy) is 4. The molecule has 1 saturated carbocycles. The van der Waals surface area contributed by atoms with Crippen molar-refractivity contribution in [1.82, 2.24) is 15.5 Å². The minimum Gasteiger partial charge on any atom is -0.493 e. The molecule has 0 unspecified atom stereocenters. The summed E-state index contributed by atoms with van der Waals surface area (Å²) in [6, 6.07) is 3.94. The molecule has 33 heavy (non-hydrogen) atoms. The predicted octanol–water partition coefficient (Wildman–Crippen LogP) is 3.07. The van der Waals surface area contributed by atoms with Gasteiger partial charge in [-0.25, -0.2) is 0 Å². The SMILES string of the molecule is CN=C(NCCc1ccc(OC)c(OC)c1OC)NCC1(N2CCOCC2)CCCCC1.I. The maximum Gasteiger partial charge on any atom is 0.203 e. The monoisotopic (exact) mass is 576 g/mol. The summed E-state index contributed by atoms with van der Waals surface area (Å²) in [4.78, 5) is 7.10. The molecular formula is C24H41IN4O4. The van der Waals surface area contributed by atoms with Crippen LogP contribution in [-0.2, 0) is 11.2 Å². The minimum absolute atomic E-state index is 0. The van der Waals surface area contributed by atoms with E-state index < -0.39 is 0 Å². The van der Waals surface area contributed by atoms with Crippen molar-refractivity contribution in [3.63, 3.8) is 0 Å². The lowest BCUT2D eigenvalue weighted by Gasteiger charge is -2.48. The topological polar surface area (TPSA) is 76.6 Å². The molecule has 1 saturated heterocycles.